The summed E-state index contributed by atoms with van der Waals surface area (Å²) in [5, 5.41) is 9.90. The molecule has 0 bridgehead atoms. The lowest BCUT2D eigenvalue weighted by Crippen LogP contribution is -2.44. The zero-order valence-electron chi connectivity index (χ0n) is 10.5. The predicted molar refractivity (Wildman–Crippen MR) is 61.7 cm³/mol. The maximum absolute atomic E-state index is 11.3. The van der Waals surface area contributed by atoms with Gasteiger partial charge in [-0.05, 0) is 34.4 Å². The summed E-state index contributed by atoms with van der Waals surface area (Å²) in [6.45, 7) is 6.84. The monoisotopic (exact) mass is 216 g/mol. The third kappa shape index (κ3) is 5.14. The van der Waals surface area contributed by atoms with Gasteiger partial charge in [0.2, 0.25) is 5.91 Å². The average Bonchev–Trinajstić information content (AvgIpc) is 2.14. The third-order valence-corrected chi connectivity index (χ3v) is 2.67. The Morgan fingerprint density at radius 2 is 1.93 bits per heavy atom. The van der Waals surface area contributed by atoms with Crippen molar-refractivity contribution in [1.29, 1.82) is 0 Å². The van der Waals surface area contributed by atoms with E-state index in [1.165, 1.54) is 0 Å². The molecule has 15 heavy (non-hydrogen) atoms. The largest absolute Gasteiger partial charge is 0.391 e. The van der Waals surface area contributed by atoms with Gasteiger partial charge in [0, 0.05) is 20.0 Å². The van der Waals surface area contributed by atoms with Crippen LogP contribution >= 0.6 is 0 Å². The summed E-state index contributed by atoms with van der Waals surface area (Å²) in [4.78, 5) is 15.0. The highest BCUT2D eigenvalue weighted by Crippen LogP contribution is 2.08. The molecule has 2 atom stereocenters. The number of carbonyl (C=O) groups is 1. The van der Waals surface area contributed by atoms with E-state index < -0.39 is 6.10 Å². The minimum atomic E-state index is -0.448. The Balaban J connectivity index is 4.16. The van der Waals surface area contributed by atoms with Gasteiger partial charge in [0.15, 0.2) is 0 Å². The van der Waals surface area contributed by atoms with E-state index in [-0.39, 0.29) is 11.9 Å². The summed E-state index contributed by atoms with van der Waals surface area (Å²) in [7, 11) is 3.94. The highest BCUT2D eigenvalue weighted by Gasteiger charge is 2.22. The zero-order valence-corrected chi connectivity index (χ0v) is 10.5. The van der Waals surface area contributed by atoms with Crippen LogP contribution in [-0.2, 0) is 4.79 Å². The van der Waals surface area contributed by atoms with Crippen molar-refractivity contribution in [2.75, 3.05) is 27.2 Å². The number of aliphatic hydroxyl groups is 1. The molecule has 4 heteroatoms. The number of hydrogen-bond acceptors (Lipinski definition) is 3. The van der Waals surface area contributed by atoms with E-state index in [2.05, 4.69) is 0 Å². The van der Waals surface area contributed by atoms with Crippen LogP contribution in [0.15, 0.2) is 0 Å². The van der Waals surface area contributed by atoms with Gasteiger partial charge in [-0.15, -0.1) is 0 Å². The predicted octanol–water partition coefficient (Wildman–Crippen LogP) is 0.556. The standard InChI is InChI=1S/C11H24N2O2/c1-6-13(10(3)14)9(2)11(15)7-8-12(4)5/h9,11,15H,6-8H2,1-5H3/t9-,11?/m0/s1. The molecule has 0 aromatic carbocycles. The number of hydrogen-bond donors (Lipinski definition) is 1. The molecule has 4 nitrogen and oxygen atoms in total. The van der Waals surface area contributed by atoms with Crippen LogP contribution in [0.4, 0.5) is 0 Å². The number of nitrogens with zero attached hydrogens (tertiary/aromatic N) is 2. The van der Waals surface area contributed by atoms with Gasteiger partial charge in [0.1, 0.15) is 0 Å². The highest BCUT2D eigenvalue weighted by molar-refractivity contribution is 5.73. The first kappa shape index (κ1) is 14.4. The molecule has 0 aliphatic carbocycles. The molecule has 0 aliphatic heterocycles. The SMILES string of the molecule is CCN(C(C)=O)[C@@H](C)C(O)CCN(C)C. The van der Waals surface area contributed by atoms with Crippen LogP contribution in [0.2, 0.25) is 0 Å². The molecule has 1 unspecified atom stereocenters. The Kier molecular flexibility index (Phi) is 6.52. The molecular formula is C11H24N2O2. The van der Waals surface area contributed by atoms with Crippen molar-refractivity contribution in [2.24, 2.45) is 0 Å². The zero-order chi connectivity index (χ0) is 12.0. The molecule has 0 aliphatic rings. The normalized spacial score (nSPS) is 15.1. The Morgan fingerprint density at radius 1 is 1.40 bits per heavy atom. The number of rotatable bonds is 6. The molecule has 0 saturated carbocycles. The molecule has 0 fully saturated rings. The summed E-state index contributed by atoms with van der Waals surface area (Å²) in [5.41, 5.74) is 0. The Morgan fingerprint density at radius 3 is 2.27 bits per heavy atom. The summed E-state index contributed by atoms with van der Waals surface area (Å²) in [6.07, 6.45) is 0.244. The van der Waals surface area contributed by atoms with E-state index in [0.717, 1.165) is 6.54 Å². The highest BCUT2D eigenvalue weighted by atomic mass is 16.3. The average molecular weight is 216 g/mol. The second-order valence-electron chi connectivity index (χ2n) is 4.20. The van der Waals surface area contributed by atoms with Gasteiger partial charge >= 0.3 is 0 Å². The second-order valence-corrected chi connectivity index (χ2v) is 4.20. The van der Waals surface area contributed by atoms with Crippen LogP contribution in [0.5, 0.6) is 0 Å². The van der Waals surface area contributed by atoms with Gasteiger partial charge in [0.05, 0.1) is 12.1 Å². The molecule has 0 aromatic heterocycles. The number of carbonyl (C=O) groups excluding carboxylic acids is 1. The molecule has 1 amide bonds. The van der Waals surface area contributed by atoms with Crippen molar-refractivity contribution < 1.29 is 9.90 Å². The lowest BCUT2D eigenvalue weighted by Gasteiger charge is -2.31. The molecular weight excluding hydrogens is 192 g/mol. The fourth-order valence-corrected chi connectivity index (χ4v) is 1.64. The second kappa shape index (κ2) is 6.80. The minimum absolute atomic E-state index is 0.0221. The molecule has 1 N–H and O–H groups in total. The minimum Gasteiger partial charge on any atom is -0.391 e. The van der Waals surface area contributed by atoms with Gasteiger partial charge in [-0.3, -0.25) is 4.79 Å². The number of likely N-dealkylation sites (N-methyl/N-ethyl adjacent to an activating group) is 1. The molecule has 0 heterocycles. The van der Waals surface area contributed by atoms with E-state index in [4.69, 9.17) is 0 Å². The van der Waals surface area contributed by atoms with Crippen LogP contribution in [0, 0.1) is 0 Å². The van der Waals surface area contributed by atoms with Gasteiger partial charge in [-0.2, -0.15) is 0 Å². The van der Waals surface area contributed by atoms with Crippen molar-refractivity contribution in [1.82, 2.24) is 9.80 Å². The number of aliphatic hydroxyl groups excluding tert-OH is 1. The van der Waals surface area contributed by atoms with Gasteiger partial charge in [0.25, 0.3) is 0 Å². The molecule has 90 valence electrons. The van der Waals surface area contributed by atoms with Gasteiger partial charge < -0.3 is 14.9 Å². The lowest BCUT2D eigenvalue weighted by molar-refractivity contribution is -0.133. The van der Waals surface area contributed by atoms with Crippen molar-refractivity contribution >= 4 is 5.91 Å². The van der Waals surface area contributed by atoms with Crippen molar-refractivity contribution in [2.45, 2.75) is 39.3 Å². The van der Waals surface area contributed by atoms with Crippen molar-refractivity contribution in [3.63, 3.8) is 0 Å². The first-order chi connectivity index (χ1) is 6.90. The topological polar surface area (TPSA) is 43.8 Å². The van der Waals surface area contributed by atoms with Gasteiger partial charge in [-0.1, -0.05) is 0 Å². The van der Waals surface area contributed by atoms with E-state index in [9.17, 15) is 9.90 Å². The Bertz CT molecular complexity index is 195. The fraction of sp³-hybridized carbons (Fsp3) is 0.909. The summed E-state index contributed by atoms with van der Waals surface area (Å²) in [6, 6.07) is -0.104. The lowest BCUT2D eigenvalue weighted by atomic mass is 10.1. The first-order valence-electron chi connectivity index (χ1n) is 5.50. The smallest absolute Gasteiger partial charge is 0.219 e. The van der Waals surface area contributed by atoms with Crippen molar-refractivity contribution in [3.8, 4) is 0 Å². The maximum Gasteiger partial charge on any atom is 0.219 e. The third-order valence-electron chi connectivity index (χ3n) is 2.67. The quantitative estimate of drug-likeness (QED) is 0.705. The van der Waals surface area contributed by atoms with Crippen LogP contribution < -0.4 is 0 Å². The Hall–Kier alpha value is -0.610. The van der Waals surface area contributed by atoms with Crippen molar-refractivity contribution in [3.05, 3.63) is 0 Å². The summed E-state index contributed by atoms with van der Waals surface area (Å²) < 4.78 is 0. The molecule has 0 saturated heterocycles. The van der Waals surface area contributed by atoms with Gasteiger partial charge in [-0.25, -0.2) is 0 Å². The van der Waals surface area contributed by atoms with Crippen LogP contribution in [0.25, 0.3) is 0 Å². The molecule has 0 spiro atoms. The Labute approximate surface area is 92.9 Å². The van der Waals surface area contributed by atoms with E-state index in [0.29, 0.717) is 13.0 Å². The number of amides is 1. The van der Waals surface area contributed by atoms with Crippen LogP contribution in [0.1, 0.15) is 27.2 Å². The van der Waals surface area contributed by atoms with E-state index in [1.807, 2.05) is 32.8 Å². The molecule has 0 aromatic rings. The van der Waals surface area contributed by atoms with E-state index >= 15 is 0 Å². The molecule has 0 rings (SSSR count). The maximum atomic E-state index is 11.3. The first-order valence-corrected chi connectivity index (χ1v) is 5.50. The fourth-order valence-electron chi connectivity index (χ4n) is 1.64. The van der Waals surface area contributed by atoms with Crippen LogP contribution in [0.3, 0.4) is 0 Å². The summed E-state index contributed by atoms with van der Waals surface area (Å²) >= 11 is 0. The van der Waals surface area contributed by atoms with E-state index in [1.54, 1.807) is 11.8 Å². The van der Waals surface area contributed by atoms with Crippen LogP contribution in [-0.4, -0.2) is 60.1 Å². The molecule has 0 radical (unpaired) electrons. The summed E-state index contributed by atoms with van der Waals surface area (Å²) in [5.74, 6) is 0.0221.